The molecule has 2 aliphatic rings. The molecule has 0 spiro atoms. The number of aliphatic hydroxyl groups excluding tert-OH is 1. The minimum atomic E-state index is -0.100. The summed E-state index contributed by atoms with van der Waals surface area (Å²) in [5, 5.41) is 9.45. The van der Waals surface area contributed by atoms with E-state index in [9.17, 15) is 5.11 Å². The Kier molecular flexibility index (Phi) is 4.04. The molecule has 1 heterocycles. The van der Waals surface area contributed by atoms with Gasteiger partial charge in [0.2, 0.25) is 0 Å². The lowest BCUT2D eigenvalue weighted by Crippen LogP contribution is -2.25. The van der Waals surface area contributed by atoms with Crippen LogP contribution in [0.2, 0.25) is 0 Å². The van der Waals surface area contributed by atoms with Crippen molar-refractivity contribution in [3.63, 3.8) is 0 Å². The second-order valence-corrected chi connectivity index (χ2v) is 5.59. The summed E-state index contributed by atoms with van der Waals surface area (Å²) in [6.45, 7) is 1.60. The standard InChI is InChI=1S/C16H22O3/c17-14-2-4-15(5-3-14)18-9-7-12-1-6-16-13(11-12)8-10-19-16/h1,6,11,14-15,17H,2-5,7-10H2. The van der Waals surface area contributed by atoms with Gasteiger partial charge < -0.3 is 14.6 Å². The maximum Gasteiger partial charge on any atom is 0.122 e. The quantitative estimate of drug-likeness (QED) is 0.906. The number of ether oxygens (including phenoxy) is 2. The van der Waals surface area contributed by atoms with E-state index in [4.69, 9.17) is 9.47 Å². The lowest BCUT2D eigenvalue weighted by Gasteiger charge is -2.25. The zero-order chi connectivity index (χ0) is 13.1. The Morgan fingerprint density at radius 1 is 1.21 bits per heavy atom. The van der Waals surface area contributed by atoms with Crippen LogP contribution in [-0.4, -0.2) is 30.5 Å². The van der Waals surface area contributed by atoms with Crippen LogP contribution in [-0.2, 0) is 17.6 Å². The molecular weight excluding hydrogens is 240 g/mol. The van der Waals surface area contributed by atoms with Crippen molar-refractivity contribution in [1.82, 2.24) is 0 Å². The highest BCUT2D eigenvalue weighted by Crippen LogP contribution is 2.26. The smallest absolute Gasteiger partial charge is 0.122 e. The van der Waals surface area contributed by atoms with E-state index < -0.39 is 0 Å². The SMILES string of the molecule is OC1CCC(OCCc2ccc3c(c2)CCO3)CC1. The molecule has 0 unspecified atom stereocenters. The maximum atomic E-state index is 9.45. The molecule has 1 aromatic carbocycles. The highest BCUT2D eigenvalue weighted by atomic mass is 16.5. The molecule has 1 fully saturated rings. The summed E-state index contributed by atoms with van der Waals surface area (Å²) < 4.78 is 11.4. The number of hydrogen-bond donors (Lipinski definition) is 1. The van der Waals surface area contributed by atoms with E-state index >= 15 is 0 Å². The van der Waals surface area contributed by atoms with E-state index in [0.717, 1.165) is 57.5 Å². The largest absolute Gasteiger partial charge is 0.493 e. The fourth-order valence-electron chi connectivity index (χ4n) is 2.95. The predicted octanol–water partition coefficient (Wildman–Crippen LogP) is 2.48. The molecule has 0 amide bonds. The molecule has 19 heavy (non-hydrogen) atoms. The van der Waals surface area contributed by atoms with E-state index in [0.29, 0.717) is 6.10 Å². The van der Waals surface area contributed by atoms with Crippen molar-refractivity contribution in [2.75, 3.05) is 13.2 Å². The molecular formula is C16H22O3. The van der Waals surface area contributed by atoms with Gasteiger partial charge in [-0.15, -0.1) is 0 Å². The number of hydrogen-bond acceptors (Lipinski definition) is 3. The monoisotopic (exact) mass is 262 g/mol. The number of benzene rings is 1. The minimum Gasteiger partial charge on any atom is -0.493 e. The average Bonchev–Trinajstić information content (AvgIpc) is 2.88. The van der Waals surface area contributed by atoms with Gasteiger partial charge in [-0.3, -0.25) is 0 Å². The normalized spacial score (nSPS) is 25.9. The third kappa shape index (κ3) is 3.28. The summed E-state index contributed by atoms with van der Waals surface area (Å²) in [4.78, 5) is 0. The van der Waals surface area contributed by atoms with Gasteiger partial charge in [0.15, 0.2) is 0 Å². The van der Waals surface area contributed by atoms with Crippen LogP contribution in [0, 0.1) is 0 Å². The van der Waals surface area contributed by atoms with E-state index in [1.165, 1.54) is 11.1 Å². The first-order valence-electron chi connectivity index (χ1n) is 7.35. The van der Waals surface area contributed by atoms with Gasteiger partial charge in [0.25, 0.3) is 0 Å². The van der Waals surface area contributed by atoms with Crippen molar-refractivity contribution in [1.29, 1.82) is 0 Å². The predicted molar refractivity (Wildman–Crippen MR) is 73.6 cm³/mol. The second kappa shape index (κ2) is 5.93. The first-order chi connectivity index (χ1) is 9.31. The van der Waals surface area contributed by atoms with Crippen molar-refractivity contribution >= 4 is 0 Å². The maximum absolute atomic E-state index is 9.45. The highest BCUT2D eigenvalue weighted by molar-refractivity contribution is 5.39. The van der Waals surface area contributed by atoms with Crippen LogP contribution in [0.4, 0.5) is 0 Å². The fourth-order valence-corrected chi connectivity index (χ4v) is 2.95. The molecule has 0 atom stereocenters. The van der Waals surface area contributed by atoms with Crippen molar-refractivity contribution in [2.24, 2.45) is 0 Å². The molecule has 0 saturated heterocycles. The molecule has 1 aliphatic carbocycles. The summed E-state index contributed by atoms with van der Waals surface area (Å²) in [6.07, 6.45) is 6.02. The van der Waals surface area contributed by atoms with Gasteiger partial charge in [0.1, 0.15) is 5.75 Å². The number of fused-ring (bicyclic) bond motifs is 1. The number of rotatable bonds is 4. The van der Waals surface area contributed by atoms with Crippen LogP contribution in [0.3, 0.4) is 0 Å². The van der Waals surface area contributed by atoms with E-state index in [-0.39, 0.29) is 6.10 Å². The molecule has 0 radical (unpaired) electrons. The Morgan fingerprint density at radius 3 is 2.89 bits per heavy atom. The Balaban J connectivity index is 1.45. The van der Waals surface area contributed by atoms with Crippen molar-refractivity contribution in [2.45, 2.75) is 50.7 Å². The summed E-state index contributed by atoms with van der Waals surface area (Å²) >= 11 is 0. The second-order valence-electron chi connectivity index (χ2n) is 5.59. The zero-order valence-corrected chi connectivity index (χ0v) is 11.3. The van der Waals surface area contributed by atoms with E-state index in [2.05, 4.69) is 18.2 Å². The summed E-state index contributed by atoms with van der Waals surface area (Å²) in [6, 6.07) is 6.46. The van der Waals surface area contributed by atoms with Crippen molar-refractivity contribution in [3.8, 4) is 5.75 Å². The fraction of sp³-hybridized carbons (Fsp3) is 0.625. The van der Waals surface area contributed by atoms with Crippen LogP contribution < -0.4 is 4.74 Å². The van der Waals surface area contributed by atoms with Gasteiger partial charge in [-0.1, -0.05) is 12.1 Å². The topological polar surface area (TPSA) is 38.7 Å². The molecule has 1 N–H and O–H groups in total. The molecule has 0 bridgehead atoms. The summed E-state index contributed by atoms with van der Waals surface area (Å²) in [7, 11) is 0. The molecule has 3 rings (SSSR count). The average molecular weight is 262 g/mol. The van der Waals surface area contributed by atoms with Crippen LogP contribution in [0.1, 0.15) is 36.8 Å². The molecule has 3 heteroatoms. The lowest BCUT2D eigenvalue weighted by molar-refractivity contribution is -0.00180. The van der Waals surface area contributed by atoms with Gasteiger partial charge in [0.05, 0.1) is 25.4 Å². The minimum absolute atomic E-state index is 0.100. The van der Waals surface area contributed by atoms with Gasteiger partial charge in [-0.2, -0.15) is 0 Å². The Labute approximate surface area is 114 Å². The van der Waals surface area contributed by atoms with Gasteiger partial charge in [-0.25, -0.2) is 0 Å². The summed E-state index contributed by atoms with van der Waals surface area (Å²) in [5.74, 6) is 1.05. The number of aliphatic hydroxyl groups is 1. The van der Waals surface area contributed by atoms with Crippen LogP contribution in [0.25, 0.3) is 0 Å². The molecule has 1 saturated carbocycles. The third-order valence-corrected chi connectivity index (χ3v) is 4.14. The molecule has 0 aromatic heterocycles. The third-order valence-electron chi connectivity index (χ3n) is 4.14. The summed E-state index contributed by atoms with van der Waals surface area (Å²) in [5.41, 5.74) is 2.67. The van der Waals surface area contributed by atoms with Crippen LogP contribution >= 0.6 is 0 Å². The van der Waals surface area contributed by atoms with Crippen molar-refractivity contribution in [3.05, 3.63) is 29.3 Å². The molecule has 3 nitrogen and oxygen atoms in total. The van der Waals surface area contributed by atoms with Crippen molar-refractivity contribution < 1.29 is 14.6 Å². The van der Waals surface area contributed by atoms with Gasteiger partial charge in [-0.05, 0) is 49.3 Å². The lowest BCUT2D eigenvalue weighted by atomic mass is 9.95. The Bertz CT molecular complexity index is 422. The van der Waals surface area contributed by atoms with Gasteiger partial charge in [0, 0.05) is 6.42 Å². The highest BCUT2D eigenvalue weighted by Gasteiger charge is 2.19. The van der Waals surface area contributed by atoms with Crippen LogP contribution in [0.5, 0.6) is 5.75 Å². The van der Waals surface area contributed by atoms with Gasteiger partial charge >= 0.3 is 0 Å². The first kappa shape index (κ1) is 12.9. The molecule has 1 aliphatic heterocycles. The van der Waals surface area contributed by atoms with Crippen LogP contribution in [0.15, 0.2) is 18.2 Å². The molecule has 104 valence electrons. The van der Waals surface area contributed by atoms with E-state index in [1.54, 1.807) is 0 Å². The molecule has 1 aromatic rings. The van der Waals surface area contributed by atoms with E-state index in [1.807, 2.05) is 0 Å². The Morgan fingerprint density at radius 2 is 2.05 bits per heavy atom. The first-order valence-corrected chi connectivity index (χ1v) is 7.35. The zero-order valence-electron chi connectivity index (χ0n) is 11.3. The Hall–Kier alpha value is -1.06.